The molecule has 0 aliphatic rings. The van der Waals surface area contributed by atoms with Gasteiger partial charge in [-0.3, -0.25) is 19.7 Å². The van der Waals surface area contributed by atoms with Gasteiger partial charge in [0.15, 0.2) is 0 Å². The minimum atomic E-state index is -0.465. The second-order valence-corrected chi connectivity index (χ2v) is 6.47. The van der Waals surface area contributed by atoms with Gasteiger partial charge in [0.2, 0.25) is 5.43 Å². The summed E-state index contributed by atoms with van der Waals surface area (Å²) in [6.07, 6.45) is 1.54. The number of benzene rings is 1. The SMILES string of the molecule is CCn1cc(C(=O)NCCNc2ccc([N+](=O)[O-])cc2)c(=O)c2ccc(C)nc21. The van der Waals surface area contributed by atoms with Crippen LogP contribution in [0.25, 0.3) is 11.0 Å². The lowest BCUT2D eigenvalue weighted by atomic mass is 10.1. The molecule has 0 bridgehead atoms. The number of nitrogens with one attached hydrogen (secondary N) is 2. The fraction of sp³-hybridized carbons (Fsp3) is 0.250. The molecule has 0 saturated carbocycles. The van der Waals surface area contributed by atoms with Crippen LogP contribution in [0.2, 0.25) is 0 Å². The molecule has 3 rings (SSSR count). The van der Waals surface area contributed by atoms with E-state index in [1.807, 2.05) is 13.8 Å². The maximum atomic E-state index is 12.7. The molecule has 9 nitrogen and oxygen atoms in total. The molecule has 2 heterocycles. The van der Waals surface area contributed by atoms with Crippen LogP contribution < -0.4 is 16.1 Å². The zero-order valence-corrected chi connectivity index (χ0v) is 16.1. The number of hydrogen-bond donors (Lipinski definition) is 2. The Morgan fingerprint density at radius 2 is 1.90 bits per heavy atom. The molecule has 29 heavy (non-hydrogen) atoms. The van der Waals surface area contributed by atoms with Gasteiger partial charge in [-0.1, -0.05) is 0 Å². The summed E-state index contributed by atoms with van der Waals surface area (Å²) in [4.78, 5) is 39.8. The molecular weight excluding hydrogens is 374 g/mol. The summed E-state index contributed by atoms with van der Waals surface area (Å²) >= 11 is 0. The van der Waals surface area contributed by atoms with Crippen molar-refractivity contribution in [3.8, 4) is 0 Å². The maximum Gasteiger partial charge on any atom is 0.269 e. The number of non-ortho nitro benzene ring substituents is 1. The van der Waals surface area contributed by atoms with Crippen LogP contribution in [0.1, 0.15) is 23.0 Å². The van der Waals surface area contributed by atoms with Crippen LogP contribution in [0, 0.1) is 17.0 Å². The normalized spacial score (nSPS) is 10.7. The van der Waals surface area contributed by atoms with E-state index in [-0.39, 0.29) is 23.2 Å². The molecule has 1 amide bonds. The van der Waals surface area contributed by atoms with Crippen molar-refractivity contribution < 1.29 is 9.72 Å². The number of pyridine rings is 2. The third kappa shape index (κ3) is 4.40. The average Bonchev–Trinajstić information content (AvgIpc) is 2.71. The van der Waals surface area contributed by atoms with E-state index in [1.54, 1.807) is 28.8 Å². The van der Waals surface area contributed by atoms with Gasteiger partial charge in [0.1, 0.15) is 11.2 Å². The van der Waals surface area contributed by atoms with Crippen LogP contribution in [0.4, 0.5) is 11.4 Å². The number of fused-ring (bicyclic) bond motifs is 1. The second-order valence-electron chi connectivity index (χ2n) is 6.47. The standard InChI is InChI=1S/C20H21N5O4/c1-3-24-12-17(18(26)16-9-4-13(2)23-19(16)24)20(27)22-11-10-21-14-5-7-15(8-6-14)25(28)29/h4-9,12,21H,3,10-11H2,1-2H3,(H,22,27). The molecule has 0 fully saturated rings. The molecule has 0 atom stereocenters. The highest BCUT2D eigenvalue weighted by Crippen LogP contribution is 2.15. The number of carbonyl (C=O) groups is 1. The van der Waals surface area contributed by atoms with Gasteiger partial charge in [-0.05, 0) is 38.1 Å². The summed E-state index contributed by atoms with van der Waals surface area (Å²) in [5, 5.41) is 16.9. The van der Waals surface area contributed by atoms with Gasteiger partial charge >= 0.3 is 0 Å². The van der Waals surface area contributed by atoms with Crippen molar-refractivity contribution >= 4 is 28.3 Å². The first kappa shape index (κ1) is 20.0. The van der Waals surface area contributed by atoms with Gasteiger partial charge in [-0.2, -0.15) is 0 Å². The summed E-state index contributed by atoms with van der Waals surface area (Å²) in [6, 6.07) is 9.44. The van der Waals surface area contributed by atoms with Crippen molar-refractivity contribution in [2.24, 2.45) is 0 Å². The van der Waals surface area contributed by atoms with Crippen molar-refractivity contribution in [1.29, 1.82) is 0 Å². The van der Waals surface area contributed by atoms with Crippen molar-refractivity contribution in [1.82, 2.24) is 14.9 Å². The van der Waals surface area contributed by atoms with E-state index < -0.39 is 10.8 Å². The van der Waals surface area contributed by atoms with Crippen LogP contribution in [0.3, 0.4) is 0 Å². The predicted octanol–water partition coefficient (Wildman–Crippen LogP) is 2.47. The van der Waals surface area contributed by atoms with E-state index in [0.29, 0.717) is 29.8 Å². The molecule has 9 heteroatoms. The van der Waals surface area contributed by atoms with Crippen LogP contribution in [0.15, 0.2) is 47.4 Å². The molecule has 0 saturated heterocycles. The number of nitro benzene ring substituents is 1. The Kier molecular flexibility index (Phi) is 5.87. The summed E-state index contributed by atoms with van der Waals surface area (Å²) < 4.78 is 1.79. The molecular formula is C20H21N5O4. The van der Waals surface area contributed by atoms with Gasteiger partial charge in [0.25, 0.3) is 11.6 Å². The summed E-state index contributed by atoms with van der Waals surface area (Å²) in [7, 11) is 0. The topological polar surface area (TPSA) is 119 Å². The highest BCUT2D eigenvalue weighted by molar-refractivity contribution is 5.96. The van der Waals surface area contributed by atoms with E-state index in [4.69, 9.17) is 0 Å². The number of carbonyl (C=O) groups excluding carboxylic acids is 1. The van der Waals surface area contributed by atoms with Crippen LogP contribution in [-0.4, -0.2) is 33.5 Å². The number of nitrogens with zero attached hydrogens (tertiary/aromatic N) is 3. The molecule has 2 N–H and O–H groups in total. The van der Waals surface area contributed by atoms with E-state index >= 15 is 0 Å². The van der Waals surface area contributed by atoms with Crippen LogP contribution >= 0.6 is 0 Å². The Morgan fingerprint density at radius 1 is 1.17 bits per heavy atom. The number of aromatic nitrogens is 2. The third-order valence-corrected chi connectivity index (χ3v) is 4.46. The van der Waals surface area contributed by atoms with E-state index in [0.717, 1.165) is 5.69 Å². The molecule has 1 aromatic carbocycles. The summed E-state index contributed by atoms with van der Waals surface area (Å²) in [6.45, 7) is 5.03. The quantitative estimate of drug-likeness (QED) is 0.360. The van der Waals surface area contributed by atoms with Gasteiger partial charge in [-0.25, -0.2) is 4.98 Å². The second kappa shape index (κ2) is 8.51. The van der Waals surface area contributed by atoms with Gasteiger partial charge in [0, 0.05) is 49.3 Å². The number of aryl methyl sites for hydroxylation is 2. The first-order valence-electron chi connectivity index (χ1n) is 9.18. The van der Waals surface area contributed by atoms with Crippen molar-refractivity contribution in [3.63, 3.8) is 0 Å². The number of amides is 1. The van der Waals surface area contributed by atoms with Crippen molar-refractivity contribution in [3.05, 3.63) is 74.2 Å². The van der Waals surface area contributed by atoms with Crippen molar-refractivity contribution in [2.75, 3.05) is 18.4 Å². The third-order valence-electron chi connectivity index (χ3n) is 4.46. The van der Waals surface area contributed by atoms with Crippen LogP contribution in [0.5, 0.6) is 0 Å². The molecule has 0 radical (unpaired) electrons. The number of nitro groups is 1. The minimum absolute atomic E-state index is 0.0112. The molecule has 0 aliphatic heterocycles. The molecule has 150 valence electrons. The highest BCUT2D eigenvalue weighted by Gasteiger charge is 2.15. The zero-order valence-electron chi connectivity index (χ0n) is 16.1. The zero-order chi connectivity index (χ0) is 21.0. The lowest BCUT2D eigenvalue weighted by Gasteiger charge is -2.12. The lowest BCUT2D eigenvalue weighted by Crippen LogP contribution is -2.33. The van der Waals surface area contributed by atoms with Crippen molar-refractivity contribution in [2.45, 2.75) is 20.4 Å². The fourth-order valence-electron chi connectivity index (χ4n) is 2.94. The molecule has 3 aromatic rings. The van der Waals surface area contributed by atoms with E-state index in [9.17, 15) is 19.7 Å². The first-order valence-corrected chi connectivity index (χ1v) is 9.18. The fourth-order valence-corrected chi connectivity index (χ4v) is 2.94. The maximum absolute atomic E-state index is 12.7. The van der Waals surface area contributed by atoms with Crippen LogP contribution in [-0.2, 0) is 6.54 Å². The predicted molar refractivity (Wildman–Crippen MR) is 110 cm³/mol. The molecule has 0 unspecified atom stereocenters. The monoisotopic (exact) mass is 395 g/mol. The summed E-state index contributed by atoms with van der Waals surface area (Å²) in [5.74, 6) is -0.454. The van der Waals surface area contributed by atoms with E-state index in [2.05, 4.69) is 15.6 Å². The van der Waals surface area contributed by atoms with Gasteiger partial charge in [0.05, 0.1) is 10.3 Å². The van der Waals surface area contributed by atoms with Gasteiger partial charge in [-0.15, -0.1) is 0 Å². The summed E-state index contributed by atoms with van der Waals surface area (Å²) in [5.41, 5.74) is 1.79. The van der Waals surface area contributed by atoms with E-state index in [1.165, 1.54) is 18.3 Å². The Balaban J connectivity index is 1.67. The Morgan fingerprint density at radius 3 is 2.55 bits per heavy atom. The molecule has 0 aliphatic carbocycles. The minimum Gasteiger partial charge on any atom is -0.383 e. The Hall–Kier alpha value is -3.75. The Labute approximate surface area is 166 Å². The first-order chi connectivity index (χ1) is 13.9. The van der Waals surface area contributed by atoms with Gasteiger partial charge < -0.3 is 15.2 Å². The number of hydrogen-bond acceptors (Lipinski definition) is 6. The smallest absolute Gasteiger partial charge is 0.269 e. The molecule has 2 aromatic heterocycles. The highest BCUT2D eigenvalue weighted by atomic mass is 16.6. The number of rotatable bonds is 7. The number of anilines is 1. The molecule has 0 spiro atoms. The average molecular weight is 395 g/mol. The largest absolute Gasteiger partial charge is 0.383 e. The lowest BCUT2D eigenvalue weighted by molar-refractivity contribution is -0.384. The Bertz CT molecular complexity index is 1120.